The van der Waals surface area contributed by atoms with Crippen molar-refractivity contribution in [2.45, 2.75) is 71.6 Å². The summed E-state index contributed by atoms with van der Waals surface area (Å²) in [6, 6.07) is 16.6. The third-order valence-corrected chi connectivity index (χ3v) is 5.76. The van der Waals surface area contributed by atoms with E-state index in [0.717, 1.165) is 11.1 Å². The normalized spacial score (nSPS) is 12.8. The Morgan fingerprint density at radius 3 is 1.95 bits per heavy atom. The topological polar surface area (TPSA) is 125 Å². The van der Waals surface area contributed by atoms with Crippen LogP contribution in [0.2, 0.25) is 0 Å². The summed E-state index contributed by atoms with van der Waals surface area (Å²) in [6.45, 7) is 8.88. The van der Waals surface area contributed by atoms with Crippen LogP contribution in [0.25, 0.3) is 0 Å². The second-order valence-corrected chi connectivity index (χ2v) is 11.0. The number of carbonyl (C=O) groups excluding carboxylic acids is 3. The lowest BCUT2D eigenvalue weighted by Crippen LogP contribution is -2.54. The van der Waals surface area contributed by atoms with Crippen LogP contribution in [0.4, 0.5) is 4.79 Å². The molecule has 0 saturated heterocycles. The van der Waals surface area contributed by atoms with Gasteiger partial charge >= 0.3 is 12.1 Å². The predicted molar refractivity (Wildman–Crippen MR) is 149 cm³/mol. The smallest absolute Gasteiger partial charge is 0.410 e. The lowest BCUT2D eigenvalue weighted by Gasteiger charge is -2.28. The first-order valence-electron chi connectivity index (χ1n) is 13.2. The number of hydrogen-bond acceptors (Lipinski definition) is 5. The van der Waals surface area contributed by atoms with Crippen molar-refractivity contribution >= 4 is 23.9 Å². The fourth-order valence-corrected chi connectivity index (χ4v) is 3.91. The minimum atomic E-state index is -1.14. The van der Waals surface area contributed by atoms with E-state index in [1.165, 1.54) is 4.90 Å². The van der Waals surface area contributed by atoms with Crippen molar-refractivity contribution in [2.24, 2.45) is 5.92 Å². The summed E-state index contributed by atoms with van der Waals surface area (Å²) in [7, 11) is 0. The number of nitrogens with one attached hydrogen (secondary N) is 2. The maximum absolute atomic E-state index is 13.2. The number of carbonyl (C=O) groups is 4. The summed E-state index contributed by atoms with van der Waals surface area (Å²) >= 11 is 0. The summed E-state index contributed by atoms with van der Waals surface area (Å²) in [5.41, 5.74) is 1.04. The van der Waals surface area contributed by atoms with Crippen LogP contribution in [-0.2, 0) is 32.0 Å². The summed E-state index contributed by atoms with van der Waals surface area (Å²) < 4.78 is 5.52. The zero-order valence-electron chi connectivity index (χ0n) is 23.5. The van der Waals surface area contributed by atoms with Crippen molar-refractivity contribution < 1.29 is 29.0 Å². The van der Waals surface area contributed by atoms with Crippen LogP contribution < -0.4 is 10.6 Å². The summed E-state index contributed by atoms with van der Waals surface area (Å²) in [6.07, 6.45) is 0.277. The zero-order valence-corrected chi connectivity index (χ0v) is 23.5. The average Bonchev–Trinajstić information content (AvgIpc) is 2.85. The van der Waals surface area contributed by atoms with Gasteiger partial charge in [-0.25, -0.2) is 9.59 Å². The molecule has 39 heavy (non-hydrogen) atoms. The standard InChI is InChI=1S/C30H41N3O6/c1-21(2)18-25(28(36)37)32-27(35)24(19-23-14-10-7-11-15-23)31-26(34)20-33(29(38)39-30(3,4)5)17-16-22-12-8-6-9-13-22/h6-15,21,24-25H,16-20H2,1-5H3,(H,31,34)(H,32,35)(H,36,37)/t24?,25-/m1/s1. The lowest BCUT2D eigenvalue weighted by molar-refractivity contribution is -0.142. The maximum atomic E-state index is 13.2. The first kappa shape index (κ1) is 31.3. The highest BCUT2D eigenvalue weighted by atomic mass is 16.6. The van der Waals surface area contributed by atoms with Gasteiger partial charge in [0.05, 0.1) is 0 Å². The van der Waals surface area contributed by atoms with E-state index in [1.54, 1.807) is 20.8 Å². The molecule has 0 heterocycles. The second kappa shape index (κ2) is 14.9. The third kappa shape index (κ3) is 12.0. The molecule has 9 heteroatoms. The van der Waals surface area contributed by atoms with E-state index in [1.807, 2.05) is 74.5 Å². The third-order valence-electron chi connectivity index (χ3n) is 5.76. The quantitative estimate of drug-likeness (QED) is 0.356. The molecule has 212 valence electrons. The predicted octanol–water partition coefficient (Wildman–Crippen LogP) is 3.81. The van der Waals surface area contributed by atoms with Crippen LogP contribution in [0.3, 0.4) is 0 Å². The fraction of sp³-hybridized carbons (Fsp3) is 0.467. The van der Waals surface area contributed by atoms with E-state index in [4.69, 9.17) is 4.74 Å². The fourth-order valence-electron chi connectivity index (χ4n) is 3.91. The average molecular weight is 540 g/mol. The molecule has 0 spiro atoms. The monoisotopic (exact) mass is 539 g/mol. The maximum Gasteiger partial charge on any atom is 0.410 e. The number of ether oxygens (including phenoxy) is 1. The Morgan fingerprint density at radius 2 is 1.44 bits per heavy atom. The Morgan fingerprint density at radius 1 is 0.872 bits per heavy atom. The van der Waals surface area contributed by atoms with E-state index >= 15 is 0 Å². The van der Waals surface area contributed by atoms with Gasteiger partial charge in [0.15, 0.2) is 0 Å². The van der Waals surface area contributed by atoms with Gasteiger partial charge in [-0.05, 0) is 50.7 Å². The Balaban J connectivity index is 2.19. The highest BCUT2D eigenvalue weighted by molar-refractivity contribution is 5.91. The van der Waals surface area contributed by atoms with Gasteiger partial charge in [-0.15, -0.1) is 0 Å². The minimum Gasteiger partial charge on any atom is -0.480 e. The van der Waals surface area contributed by atoms with Crippen LogP contribution in [0.1, 0.15) is 52.2 Å². The van der Waals surface area contributed by atoms with Crippen molar-refractivity contribution in [1.29, 1.82) is 0 Å². The summed E-state index contributed by atoms with van der Waals surface area (Å²) in [4.78, 5) is 52.4. The Bertz CT molecular complexity index is 1080. The molecule has 0 bridgehead atoms. The molecule has 2 aromatic carbocycles. The molecule has 0 radical (unpaired) electrons. The van der Waals surface area contributed by atoms with Crippen LogP contribution in [0, 0.1) is 5.92 Å². The number of nitrogens with zero attached hydrogens (tertiary/aromatic N) is 1. The van der Waals surface area contributed by atoms with Crippen molar-refractivity contribution in [3.8, 4) is 0 Å². The van der Waals surface area contributed by atoms with Gasteiger partial charge < -0.3 is 20.5 Å². The number of hydrogen-bond donors (Lipinski definition) is 3. The van der Waals surface area contributed by atoms with Gasteiger partial charge in [-0.3, -0.25) is 14.5 Å². The molecule has 0 fully saturated rings. The minimum absolute atomic E-state index is 0.0422. The molecule has 0 aromatic heterocycles. The molecule has 0 aliphatic heterocycles. The molecule has 3 N–H and O–H groups in total. The Kier molecular flexibility index (Phi) is 12.0. The molecule has 9 nitrogen and oxygen atoms in total. The first-order valence-corrected chi connectivity index (χ1v) is 13.2. The van der Waals surface area contributed by atoms with E-state index in [9.17, 15) is 24.3 Å². The molecule has 3 amide bonds. The van der Waals surface area contributed by atoms with Gasteiger partial charge in [-0.2, -0.15) is 0 Å². The van der Waals surface area contributed by atoms with Crippen LogP contribution in [-0.4, -0.2) is 64.7 Å². The SMILES string of the molecule is CC(C)C[C@@H](NC(=O)C(Cc1ccccc1)NC(=O)CN(CCc1ccccc1)C(=O)OC(C)(C)C)C(=O)O. The number of carboxylic acid groups (broad SMARTS) is 1. The van der Waals surface area contributed by atoms with Crippen LogP contribution in [0.15, 0.2) is 60.7 Å². The summed E-state index contributed by atoms with van der Waals surface area (Å²) in [5.74, 6) is -2.26. The molecule has 2 atom stereocenters. The second-order valence-electron chi connectivity index (χ2n) is 11.0. The molecule has 0 aliphatic carbocycles. The Hall–Kier alpha value is -3.88. The van der Waals surface area contributed by atoms with Gasteiger partial charge in [0.1, 0.15) is 24.2 Å². The first-order chi connectivity index (χ1) is 18.3. The molecule has 2 rings (SSSR count). The number of carboxylic acids is 1. The number of amides is 3. The molecule has 1 unspecified atom stereocenters. The number of benzene rings is 2. The van der Waals surface area contributed by atoms with E-state index in [2.05, 4.69) is 10.6 Å². The highest BCUT2D eigenvalue weighted by Gasteiger charge is 2.29. The molecule has 0 saturated carbocycles. The van der Waals surface area contributed by atoms with E-state index in [-0.39, 0.29) is 31.8 Å². The molecule has 2 aromatic rings. The van der Waals surface area contributed by atoms with Gasteiger partial charge in [0.25, 0.3) is 0 Å². The Labute approximate surface area is 230 Å². The van der Waals surface area contributed by atoms with E-state index < -0.39 is 41.6 Å². The zero-order chi connectivity index (χ0) is 29.0. The summed E-state index contributed by atoms with van der Waals surface area (Å²) in [5, 5.41) is 14.9. The van der Waals surface area contributed by atoms with Gasteiger partial charge in [0.2, 0.25) is 11.8 Å². The lowest BCUT2D eigenvalue weighted by atomic mass is 10.0. The molecular formula is C30H41N3O6. The van der Waals surface area contributed by atoms with Crippen molar-refractivity contribution in [2.75, 3.05) is 13.1 Å². The number of rotatable bonds is 13. The largest absolute Gasteiger partial charge is 0.480 e. The molecule has 0 aliphatic rings. The van der Waals surface area contributed by atoms with Crippen molar-refractivity contribution in [3.63, 3.8) is 0 Å². The van der Waals surface area contributed by atoms with Crippen molar-refractivity contribution in [1.82, 2.24) is 15.5 Å². The van der Waals surface area contributed by atoms with Crippen LogP contribution >= 0.6 is 0 Å². The van der Waals surface area contributed by atoms with Crippen LogP contribution in [0.5, 0.6) is 0 Å². The highest BCUT2D eigenvalue weighted by Crippen LogP contribution is 2.12. The molecular weight excluding hydrogens is 498 g/mol. The van der Waals surface area contributed by atoms with Crippen molar-refractivity contribution in [3.05, 3.63) is 71.8 Å². The number of aliphatic carboxylic acids is 1. The van der Waals surface area contributed by atoms with E-state index in [0.29, 0.717) is 6.42 Å². The van der Waals surface area contributed by atoms with Gasteiger partial charge in [-0.1, -0.05) is 74.5 Å². The van der Waals surface area contributed by atoms with Gasteiger partial charge in [0, 0.05) is 13.0 Å².